The summed E-state index contributed by atoms with van der Waals surface area (Å²) in [6.07, 6.45) is 5.72. The number of ketones is 1. The third kappa shape index (κ3) is 1.98. The molecule has 1 heterocycles. The topological polar surface area (TPSA) is 38.3 Å². The zero-order chi connectivity index (χ0) is 9.10. The van der Waals surface area contributed by atoms with E-state index in [0.717, 1.165) is 19.6 Å². The number of morpholine rings is 1. The third-order valence-corrected chi connectivity index (χ3v) is 2.66. The predicted molar refractivity (Wildman–Crippen MR) is 49.5 cm³/mol. The normalized spacial score (nSPS) is 34.9. The average Bonchev–Trinajstić information content (AvgIpc) is 2.20. The number of allylic oxidation sites excluding steroid dienone is 1. The van der Waals surface area contributed by atoms with E-state index in [-0.39, 0.29) is 12.0 Å². The molecule has 0 saturated carbocycles. The highest BCUT2D eigenvalue weighted by molar-refractivity contribution is 5.84. The first-order valence-electron chi connectivity index (χ1n) is 4.88. The molecule has 1 N–H and O–H groups in total. The third-order valence-electron chi connectivity index (χ3n) is 2.66. The molecule has 1 aliphatic carbocycles. The standard InChI is InChI=1S/C10H15NO2/c12-10-4-2-1-3-8(10)9-7-13-6-5-11-9/h1,3,8-9,11H,2,4-7H2. The van der Waals surface area contributed by atoms with Gasteiger partial charge in [-0.3, -0.25) is 4.79 Å². The van der Waals surface area contributed by atoms with E-state index in [1.54, 1.807) is 0 Å². The molecule has 0 aromatic heterocycles. The number of carbonyl (C=O) groups excluding carboxylic acids is 1. The van der Waals surface area contributed by atoms with Gasteiger partial charge in [0.15, 0.2) is 0 Å². The van der Waals surface area contributed by atoms with E-state index in [2.05, 4.69) is 11.4 Å². The lowest BCUT2D eigenvalue weighted by atomic mass is 9.88. The van der Waals surface area contributed by atoms with Crippen LogP contribution in [0.3, 0.4) is 0 Å². The Hall–Kier alpha value is -0.670. The second-order valence-electron chi connectivity index (χ2n) is 3.59. The van der Waals surface area contributed by atoms with Gasteiger partial charge < -0.3 is 10.1 Å². The minimum Gasteiger partial charge on any atom is -0.378 e. The van der Waals surface area contributed by atoms with Crippen molar-refractivity contribution in [2.75, 3.05) is 19.8 Å². The van der Waals surface area contributed by atoms with Crippen LogP contribution < -0.4 is 5.32 Å². The first kappa shape index (κ1) is 8.91. The molecule has 0 aromatic carbocycles. The first-order chi connectivity index (χ1) is 6.38. The summed E-state index contributed by atoms with van der Waals surface area (Å²) in [7, 11) is 0. The number of hydrogen-bond donors (Lipinski definition) is 1. The van der Waals surface area contributed by atoms with E-state index >= 15 is 0 Å². The quantitative estimate of drug-likeness (QED) is 0.599. The Morgan fingerprint density at radius 1 is 1.54 bits per heavy atom. The number of nitrogens with one attached hydrogen (secondary N) is 1. The molecule has 0 amide bonds. The van der Waals surface area contributed by atoms with Crippen molar-refractivity contribution in [3.63, 3.8) is 0 Å². The maximum Gasteiger partial charge on any atom is 0.141 e. The number of Topliss-reactive ketones (excluding diaryl/α,β-unsaturated/α-hetero) is 1. The van der Waals surface area contributed by atoms with Crippen molar-refractivity contribution in [3.8, 4) is 0 Å². The lowest BCUT2D eigenvalue weighted by Gasteiger charge is -2.30. The van der Waals surface area contributed by atoms with E-state index in [1.165, 1.54) is 0 Å². The monoisotopic (exact) mass is 181 g/mol. The predicted octanol–water partition coefficient (Wildman–Crippen LogP) is 0.510. The van der Waals surface area contributed by atoms with Crippen LogP contribution in [0.1, 0.15) is 12.8 Å². The van der Waals surface area contributed by atoms with Gasteiger partial charge in [0, 0.05) is 19.0 Å². The molecule has 1 fully saturated rings. The second-order valence-corrected chi connectivity index (χ2v) is 3.59. The SMILES string of the molecule is O=C1CCC=CC1C1COCCN1. The van der Waals surface area contributed by atoms with Gasteiger partial charge in [-0.15, -0.1) is 0 Å². The lowest BCUT2D eigenvalue weighted by molar-refractivity contribution is -0.123. The molecule has 1 aliphatic heterocycles. The average molecular weight is 181 g/mol. The molecule has 1 saturated heterocycles. The molecule has 2 atom stereocenters. The Bertz CT molecular complexity index is 219. The molecule has 2 aliphatic rings. The maximum atomic E-state index is 11.5. The summed E-state index contributed by atoms with van der Waals surface area (Å²) in [5.41, 5.74) is 0. The number of ether oxygens (including phenoxy) is 1. The van der Waals surface area contributed by atoms with Crippen molar-refractivity contribution in [2.24, 2.45) is 5.92 Å². The fourth-order valence-corrected chi connectivity index (χ4v) is 1.92. The summed E-state index contributed by atoms with van der Waals surface area (Å²) >= 11 is 0. The zero-order valence-electron chi connectivity index (χ0n) is 7.66. The van der Waals surface area contributed by atoms with Gasteiger partial charge in [0.1, 0.15) is 5.78 Å². The van der Waals surface area contributed by atoms with Crippen molar-refractivity contribution in [3.05, 3.63) is 12.2 Å². The molecular formula is C10H15NO2. The molecule has 13 heavy (non-hydrogen) atoms. The highest BCUT2D eigenvalue weighted by Gasteiger charge is 2.28. The van der Waals surface area contributed by atoms with Gasteiger partial charge in [0.2, 0.25) is 0 Å². The van der Waals surface area contributed by atoms with Gasteiger partial charge in [-0.05, 0) is 6.42 Å². The Labute approximate surface area is 78.1 Å². The Balaban J connectivity index is 2.00. The summed E-state index contributed by atoms with van der Waals surface area (Å²) < 4.78 is 5.34. The number of hydrogen-bond acceptors (Lipinski definition) is 3. The molecule has 0 spiro atoms. The first-order valence-corrected chi connectivity index (χ1v) is 4.88. The van der Waals surface area contributed by atoms with Crippen molar-refractivity contribution in [2.45, 2.75) is 18.9 Å². The summed E-state index contributed by atoms with van der Waals surface area (Å²) in [6.45, 7) is 2.30. The van der Waals surface area contributed by atoms with Gasteiger partial charge in [-0.2, -0.15) is 0 Å². The molecule has 2 unspecified atom stereocenters. The molecule has 0 radical (unpaired) electrons. The van der Waals surface area contributed by atoms with Crippen LogP contribution in [0.2, 0.25) is 0 Å². The summed E-state index contributed by atoms with van der Waals surface area (Å²) in [5, 5.41) is 3.32. The Morgan fingerprint density at radius 3 is 3.15 bits per heavy atom. The fourth-order valence-electron chi connectivity index (χ4n) is 1.92. The molecular weight excluding hydrogens is 166 g/mol. The zero-order valence-corrected chi connectivity index (χ0v) is 7.66. The second kappa shape index (κ2) is 4.03. The molecule has 0 aromatic rings. The Kier molecular flexibility index (Phi) is 2.76. The van der Waals surface area contributed by atoms with Crippen LogP contribution in [0.4, 0.5) is 0 Å². The van der Waals surface area contributed by atoms with Crippen LogP contribution in [0, 0.1) is 5.92 Å². The Morgan fingerprint density at radius 2 is 2.46 bits per heavy atom. The highest BCUT2D eigenvalue weighted by atomic mass is 16.5. The maximum absolute atomic E-state index is 11.5. The number of rotatable bonds is 1. The smallest absolute Gasteiger partial charge is 0.141 e. The van der Waals surface area contributed by atoms with Gasteiger partial charge in [-0.25, -0.2) is 0 Å². The molecule has 3 nitrogen and oxygen atoms in total. The minimum absolute atomic E-state index is 0.0500. The molecule has 0 bridgehead atoms. The van der Waals surface area contributed by atoms with Crippen LogP contribution in [0.25, 0.3) is 0 Å². The largest absolute Gasteiger partial charge is 0.378 e. The van der Waals surface area contributed by atoms with Gasteiger partial charge in [0.25, 0.3) is 0 Å². The van der Waals surface area contributed by atoms with E-state index in [1.807, 2.05) is 6.08 Å². The lowest BCUT2D eigenvalue weighted by Crippen LogP contribution is -2.48. The van der Waals surface area contributed by atoms with Gasteiger partial charge >= 0.3 is 0 Å². The van der Waals surface area contributed by atoms with Crippen LogP contribution in [-0.2, 0) is 9.53 Å². The highest BCUT2D eigenvalue weighted by Crippen LogP contribution is 2.18. The molecule has 3 heteroatoms. The van der Waals surface area contributed by atoms with Crippen LogP contribution in [0.15, 0.2) is 12.2 Å². The fraction of sp³-hybridized carbons (Fsp3) is 0.700. The summed E-state index contributed by atoms with van der Waals surface area (Å²) in [6, 6.07) is 0.206. The number of carbonyl (C=O) groups is 1. The van der Waals surface area contributed by atoms with Crippen LogP contribution in [-0.4, -0.2) is 31.6 Å². The van der Waals surface area contributed by atoms with Crippen LogP contribution in [0.5, 0.6) is 0 Å². The van der Waals surface area contributed by atoms with Gasteiger partial charge in [0.05, 0.1) is 19.1 Å². The molecule has 2 rings (SSSR count). The van der Waals surface area contributed by atoms with Crippen molar-refractivity contribution < 1.29 is 9.53 Å². The summed E-state index contributed by atoms with van der Waals surface area (Å²) in [4.78, 5) is 11.5. The van der Waals surface area contributed by atoms with Gasteiger partial charge in [-0.1, -0.05) is 12.2 Å². The summed E-state index contributed by atoms with van der Waals surface area (Å²) in [5.74, 6) is 0.402. The van der Waals surface area contributed by atoms with Crippen LogP contribution >= 0.6 is 0 Å². The molecule has 72 valence electrons. The van der Waals surface area contributed by atoms with E-state index < -0.39 is 0 Å². The van der Waals surface area contributed by atoms with Crippen molar-refractivity contribution in [1.29, 1.82) is 0 Å². The van der Waals surface area contributed by atoms with E-state index in [4.69, 9.17) is 4.74 Å². The van der Waals surface area contributed by atoms with E-state index in [0.29, 0.717) is 18.8 Å². The minimum atomic E-state index is 0.0500. The van der Waals surface area contributed by atoms with Crippen molar-refractivity contribution in [1.82, 2.24) is 5.32 Å². The van der Waals surface area contributed by atoms with E-state index in [9.17, 15) is 4.79 Å². The van der Waals surface area contributed by atoms with Crippen molar-refractivity contribution >= 4 is 5.78 Å².